The third-order valence-electron chi connectivity index (χ3n) is 3.76. The number of likely N-dealkylation sites (tertiary alicyclic amines) is 1. The summed E-state index contributed by atoms with van der Waals surface area (Å²) in [6.45, 7) is 4.87. The number of rotatable bonds is 4. The number of anilines is 1. The first-order valence-corrected chi connectivity index (χ1v) is 8.31. The number of nitrogens with one attached hydrogen (secondary N) is 1. The van der Waals surface area contributed by atoms with Gasteiger partial charge in [0.25, 0.3) is 5.91 Å². The van der Waals surface area contributed by atoms with Crippen LogP contribution in [0.2, 0.25) is 5.02 Å². The van der Waals surface area contributed by atoms with Crippen molar-refractivity contribution >= 4 is 29.1 Å². The number of hydrogen-bond donors (Lipinski definition) is 2. The van der Waals surface area contributed by atoms with Crippen LogP contribution < -0.4 is 5.32 Å². The maximum atomic E-state index is 12.6. The summed E-state index contributed by atoms with van der Waals surface area (Å²) >= 11 is 6.14. The van der Waals surface area contributed by atoms with E-state index in [1.807, 2.05) is 13.8 Å². The van der Waals surface area contributed by atoms with Crippen LogP contribution in [0.1, 0.15) is 43.5 Å². The van der Waals surface area contributed by atoms with Gasteiger partial charge in [-0.05, 0) is 37.0 Å². The first-order chi connectivity index (χ1) is 10.9. The topological polar surface area (TPSA) is 69.6 Å². The molecule has 1 unspecified atom stereocenters. The molecule has 1 aliphatic rings. The van der Waals surface area contributed by atoms with Crippen LogP contribution >= 0.6 is 11.6 Å². The average Bonchev–Trinajstić information content (AvgIpc) is 2.47. The smallest absolute Gasteiger partial charge is 0.255 e. The van der Waals surface area contributed by atoms with Crippen LogP contribution in [0, 0.1) is 5.92 Å². The molecule has 0 bridgehead atoms. The van der Waals surface area contributed by atoms with Crippen molar-refractivity contribution < 1.29 is 14.7 Å². The molecule has 1 aliphatic heterocycles. The molecule has 0 spiro atoms. The number of amides is 2. The molecule has 0 radical (unpaired) electrons. The van der Waals surface area contributed by atoms with Crippen LogP contribution in [0.4, 0.5) is 5.69 Å². The molecule has 1 fully saturated rings. The van der Waals surface area contributed by atoms with Crippen LogP contribution in [0.15, 0.2) is 18.2 Å². The van der Waals surface area contributed by atoms with E-state index in [2.05, 4.69) is 5.32 Å². The predicted octanol–water partition coefficient (Wildman–Crippen LogP) is 2.92. The highest BCUT2D eigenvalue weighted by molar-refractivity contribution is 6.34. The van der Waals surface area contributed by atoms with Crippen molar-refractivity contribution in [2.24, 2.45) is 5.92 Å². The second-order valence-electron chi connectivity index (χ2n) is 6.39. The number of hydrogen-bond acceptors (Lipinski definition) is 3. The zero-order valence-corrected chi connectivity index (χ0v) is 14.3. The van der Waals surface area contributed by atoms with Crippen LogP contribution in [-0.4, -0.2) is 41.0 Å². The molecule has 6 heteroatoms. The first kappa shape index (κ1) is 17.8. The van der Waals surface area contributed by atoms with Gasteiger partial charge < -0.3 is 15.3 Å². The maximum absolute atomic E-state index is 12.6. The Bertz CT molecular complexity index is 589. The van der Waals surface area contributed by atoms with Gasteiger partial charge in [0, 0.05) is 25.2 Å². The lowest BCUT2D eigenvalue weighted by atomic mass is 10.1. The Morgan fingerprint density at radius 3 is 2.83 bits per heavy atom. The predicted molar refractivity (Wildman–Crippen MR) is 90.7 cm³/mol. The van der Waals surface area contributed by atoms with Crippen LogP contribution in [0.3, 0.4) is 0 Å². The molecule has 23 heavy (non-hydrogen) atoms. The highest BCUT2D eigenvalue weighted by Gasteiger charge is 2.24. The van der Waals surface area contributed by atoms with Gasteiger partial charge in [-0.15, -0.1) is 0 Å². The molecule has 2 rings (SSSR count). The number of halogens is 1. The zero-order chi connectivity index (χ0) is 17.0. The molecule has 2 N–H and O–H groups in total. The van der Waals surface area contributed by atoms with Crippen molar-refractivity contribution in [2.75, 3.05) is 18.4 Å². The summed E-state index contributed by atoms with van der Waals surface area (Å²) in [5, 5.41) is 12.9. The second kappa shape index (κ2) is 7.79. The second-order valence-corrected chi connectivity index (χ2v) is 6.80. The van der Waals surface area contributed by atoms with E-state index in [9.17, 15) is 14.7 Å². The Balaban J connectivity index is 2.13. The summed E-state index contributed by atoms with van der Waals surface area (Å²) in [5.41, 5.74) is 0.907. The fourth-order valence-electron chi connectivity index (χ4n) is 2.66. The van der Waals surface area contributed by atoms with E-state index in [4.69, 9.17) is 11.6 Å². The largest absolute Gasteiger partial charge is 0.391 e. The number of benzene rings is 1. The standard InChI is InChI=1S/C17H23ClN2O3/c1-11(2)8-16(22)19-12-5-6-15(18)14(9-12)17(23)20-7-3-4-13(21)10-20/h5-6,9,11,13,21H,3-4,7-8,10H2,1-2H3,(H,19,22). The lowest BCUT2D eigenvalue weighted by Gasteiger charge is -2.30. The van der Waals surface area contributed by atoms with Crippen molar-refractivity contribution in [1.82, 2.24) is 4.90 Å². The maximum Gasteiger partial charge on any atom is 0.255 e. The van der Waals surface area contributed by atoms with Crippen molar-refractivity contribution in [3.8, 4) is 0 Å². The lowest BCUT2D eigenvalue weighted by Crippen LogP contribution is -2.42. The number of aliphatic hydroxyl groups excluding tert-OH is 1. The Labute approximate surface area is 141 Å². The van der Waals surface area contributed by atoms with Gasteiger partial charge in [0.15, 0.2) is 0 Å². The summed E-state index contributed by atoms with van der Waals surface area (Å²) in [6.07, 6.45) is 1.42. The molecule has 5 nitrogen and oxygen atoms in total. The fourth-order valence-corrected chi connectivity index (χ4v) is 2.86. The number of aliphatic hydroxyl groups is 1. The molecular weight excluding hydrogens is 316 g/mol. The molecule has 1 aromatic carbocycles. The van der Waals surface area contributed by atoms with Gasteiger partial charge in [0.1, 0.15) is 0 Å². The Morgan fingerprint density at radius 2 is 2.17 bits per heavy atom. The van der Waals surface area contributed by atoms with Crippen molar-refractivity contribution in [1.29, 1.82) is 0 Å². The summed E-state index contributed by atoms with van der Waals surface area (Å²) in [6, 6.07) is 4.90. The number of nitrogens with zero attached hydrogens (tertiary/aromatic N) is 1. The molecular formula is C17H23ClN2O3. The normalized spacial score (nSPS) is 18.1. The minimum Gasteiger partial charge on any atom is -0.391 e. The molecule has 126 valence electrons. The monoisotopic (exact) mass is 338 g/mol. The van der Waals surface area contributed by atoms with Gasteiger partial charge in [-0.2, -0.15) is 0 Å². The minimum absolute atomic E-state index is 0.0888. The average molecular weight is 339 g/mol. The number of β-amino-alcohol motifs (C(OH)–C–C–N with tert-alkyl or cyclic N) is 1. The fraction of sp³-hybridized carbons (Fsp3) is 0.529. The third kappa shape index (κ3) is 4.94. The third-order valence-corrected chi connectivity index (χ3v) is 4.09. The van der Waals surface area contributed by atoms with E-state index in [1.54, 1.807) is 23.1 Å². The number of carbonyl (C=O) groups is 2. The zero-order valence-electron chi connectivity index (χ0n) is 13.5. The number of carbonyl (C=O) groups excluding carboxylic acids is 2. The van der Waals surface area contributed by atoms with Crippen molar-refractivity contribution in [3.63, 3.8) is 0 Å². The molecule has 1 atom stereocenters. The quantitative estimate of drug-likeness (QED) is 0.886. The summed E-state index contributed by atoms with van der Waals surface area (Å²) in [5.74, 6) is -0.0407. The summed E-state index contributed by atoms with van der Waals surface area (Å²) < 4.78 is 0. The van der Waals surface area contributed by atoms with Crippen LogP contribution in [-0.2, 0) is 4.79 Å². The van der Waals surface area contributed by atoms with Crippen LogP contribution in [0.25, 0.3) is 0 Å². The summed E-state index contributed by atoms with van der Waals surface area (Å²) in [7, 11) is 0. The molecule has 2 amide bonds. The Morgan fingerprint density at radius 1 is 1.43 bits per heavy atom. The van der Waals surface area contributed by atoms with Crippen LogP contribution in [0.5, 0.6) is 0 Å². The van der Waals surface area contributed by atoms with Crippen molar-refractivity contribution in [2.45, 2.75) is 39.2 Å². The minimum atomic E-state index is -0.486. The molecule has 0 aromatic heterocycles. The van der Waals surface area contributed by atoms with Gasteiger partial charge in [0.2, 0.25) is 5.91 Å². The molecule has 1 heterocycles. The lowest BCUT2D eigenvalue weighted by molar-refractivity contribution is -0.116. The highest BCUT2D eigenvalue weighted by Crippen LogP contribution is 2.24. The van der Waals surface area contributed by atoms with Gasteiger partial charge in [-0.3, -0.25) is 9.59 Å². The van der Waals surface area contributed by atoms with E-state index in [0.29, 0.717) is 42.2 Å². The number of piperidine rings is 1. The van der Waals surface area contributed by atoms with Gasteiger partial charge in [-0.1, -0.05) is 25.4 Å². The van der Waals surface area contributed by atoms with Gasteiger partial charge in [0.05, 0.1) is 16.7 Å². The molecule has 1 aromatic rings. The molecule has 1 saturated heterocycles. The molecule has 0 saturated carbocycles. The van der Waals surface area contributed by atoms with E-state index in [1.165, 1.54) is 0 Å². The first-order valence-electron chi connectivity index (χ1n) is 7.93. The van der Waals surface area contributed by atoms with E-state index < -0.39 is 6.10 Å². The van der Waals surface area contributed by atoms with Gasteiger partial charge in [-0.25, -0.2) is 0 Å². The summed E-state index contributed by atoms with van der Waals surface area (Å²) in [4.78, 5) is 26.1. The van der Waals surface area contributed by atoms with Gasteiger partial charge >= 0.3 is 0 Å². The van der Waals surface area contributed by atoms with E-state index >= 15 is 0 Å². The Kier molecular flexibility index (Phi) is 6.02. The molecule has 0 aliphatic carbocycles. The van der Waals surface area contributed by atoms with E-state index in [-0.39, 0.29) is 17.7 Å². The highest BCUT2D eigenvalue weighted by atomic mass is 35.5. The van der Waals surface area contributed by atoms with E-state index in [0.717, 1.165) is 6.42 Å². The van der Waals surface area contributed by atoms with Crippen molar-refractivity contribution in [3.05, 3.63) is 28.8 Å². The SMILES string of the molecule is CC(C)CC(=O)Nc1ccc(Cl)c(C(=O)N2CCCC(O)C2)c1. The Hall–Kier alpha value is -1.59.